The molecule has 0 saturated heterocycles. The van der Waals surface area contributed by atoms with Crippen LogP contribution < -0.4 is 0 Å². The number of carbonyl (C=O) groups is 1. The number of carbonyl (C=O) groups excluding carboxylic acids is 1. The van der Waals surface area contributed by atoms with Crippen molar-refractivity contribution in [1.82, 2.24) is 4.90 Å². The lowest BCUT2D eigenvalue weighted by atomic mass is 9.79. The van der Waals surface area contributed by atoms with Crippen LogP contribution in [-0.4, -0.2) is 48.1 Å². The third-order valence-corrected chi connectivity index (χ3v) is 1.83. The van der Waals surface area contributed by atoms with Crippen LogP contribution in [0.5, 0.6) is 0 Å². The molecule has 1 rings (SSSR count). The zero-order chi connectivity index (χ0) is 11.7. The van der Waals surface area contributed by atoms with E-state index in [0.29, 0.717) is 6.54 Å². The second-order valence-electron chi connectivity index (χ2n) is 4.75. The first-order chi connectivity index (χ1) is 6.70. The molecule has 1 heterocycles. The van der Waals surface area contributed by atoms with Gasteiger partial charge in [-0.2, -0.15) is 0 Å². The Kier molecular flexibility index (Phi) is 3.14. The van der Waals surface area contributed by atoms with E-state index in [1.807, 2.05) is 0 Å². The molecule has 0 aromatic rings. The summed E-state index contributed by atoms with van der Waals surface area (Å²) >= 11 is 0. The Morgan fingerprint density at radius 1 is 1.60 bits per heavy atom. The minimum Gasteiger partial charge on any atom is -0.444 e. The first-order valence-electron chi connectivity index (χ1n) is 4.86. The van der Waals surface area contributed by atoms with E-state index in [1.54, 1.807) is 26.8 Å². The van der Waals surface area contributed by atoms with Crippen LogP contribution in [-0.2, 0) is 4.74 Å². The molecule has 5 heteroatoms. The fourth-order valence-corrected chi connectivity index (χ4v) is 1.27. The second-order valence-corrected chi connectivity index (χ2v) is 4.75. The zero-order valence-corrected chi connectivity index (χ0v) is 9.36. The molecular weight excluding hydrogens is 193 g/mol. The Morgan fingerprint density at radius 3 is 2.67 bits per heavy atom. The summed E-state index contributed by atoms with van der Waals surface area (Å²) in [6.45, 7) is 5.84. The number of aliphatic hydroxyl groups is 1. The quantitative estimate of drug-likeness (QED) is 0.470. The van der Waals surface area contributed by atoms with E-state index in [0.717, 1.165) is 0 Å². The van der Waals surface area contributed by atoms with Crippen molar-refractivity contribution < 1.29 is 14.6 Å². The molecule has 0 aromatic heterocycles. The molecule has 82 valence electrons. The summed E-state index contributed by atoms with van der Waals surface area (Å²) in [5.74, 6) is 0. The van der Waals surface area contributed by atoms with Gasteiger partial charge in [0.25, 0.3) is 0 Å². The van der Waals surface area contributed by atoms with Gasteiger partial charge >= 0.3 is 6.09 Å². The van der Waals surface area contributed by atoms with Crippen molar-refractivity contribution in [2.24, 2.45) is 0 Å². The van der Waals surface area contributed by atoms with Crippen molar-refractivity contribution in [1.29, 1.82) is 0 Å². The van der Waals surface area contributed by atoms with E-state index in [1.165, 1.54) is 11.0 Å². The third kappa shape index (κ3) is 3.95. The molecule has 0 spiro atoms. The molecule has 0 aliphatic carbocycles. The third-order valence-electron chi connectivity index (χ3n) is 1.83. The van der Waals surface area contributed by atoms with Gasteiger partial charge in [0.2, 0.25) is 0 Å². The molecule has 1 amide bonds. The van der Waals surface area contributed by atoms with Crippen LogP contribution in [0, 0.1) is 0 Å². The Bertz CT molecular complexity index is 281. The van der Waals surface area contributed by atoms with Gasteiger partial charge in [0.05, 0.1) is 5.50 Å². The summed E-state index contributed by atoms with van der Waals surface area (Å²) in [4.78, 5) is 13.0. The molecule has 1 unspecified atom stereocenters. The van der Waals surface area contributed by atoms with Crippen LogP contribution in [0.4, 0.5) is 4.79 Å². The predicted octanol–water partition coefficient (Wildman–Crippen LogP) is 0.650. The van der Waals surface area contributed by atoms with Crippen LogP contribution in [0.1, 0.15) is 20.8 Å². The molecule has 0 fully saturated rings. The van der Waals surface area contributed by atoms with Gasteiger partial charge in [-0.15, -0.1) is 0 Å². The number of amides is 1. The predicted molar refractivity (Wildman–Crippen MR) is 57.7 cm³/mol. The Labute approximate surface area is 91.3 Å². The van der Waals surface area contributed by atoms with Gasteiger partial charge in [0.1, 0.15) is 13.4 Å². The molecule has 0 bridgehead atoms. The molecule has 1 atom stereocenters. The van der Waals surface area contributed by atoms with Gasteiger partial charge in [0.15, 0.2) is 0 Å². The van der Waals surface area contributed by atoms with Crippen molar-refractivity contribution in [3.8, 4) is 0 Å². The molecule has 2 radical (unpaired) electrons. The number of β-amino-alcohol motifs (C(OH)–C–C–N with tert-alkyl or cyclic N) is 1. The smallest absolute Gasteiger partial charge is 0.410 e. The Morgan fingerprint density at radius 2 is 2.20 bits per heavy atom. The molecule has 0 aromatic carbocycles. The van der Waals surface area contributed by atoms with Crippen LogP contribution in [0.25, 0.3) is 0 Å². The largest absolute Gasteiger partial charge is 0.444 e. The first-order valence-corrected chi connectivity index (χ1v) is 4.86. The zero-order valence-electron chi connectivity index (χ0n) is 9.36. The average molecular weight is 209 g/mol. The summed E-state index contributed by atoms with van der Waals surface area (Å²) < 4.78 is 5.16. The SMILES string of the molecule is [B]C1(O)C=CCN(C(=O)OC(C)(C)C)C1. The topological polar surface area (TPSA) is 49.8 Å². The van der Waals surface area contributed by atoms with Gasteiger partial charge in [0, 0.05) is 13.1 Å². The summed E-state index contributed by atoms with van der Waals surface area (Å²) in [5, 5.41) is 9.53. The standard InChI is InChI=1S/C10H16BNO3/c1-9(2,3)15-8(13)12-6-4-5-10(11,14)7-12/h4-5,14H,6-7H2,1-3H3. The maximum absolute atomic E-state index is 11.6. The fraction of sp³-hybridized carbons (Fsp3) is 0.700. The lowest BCUT2D eigenvalue weighted by molar-refractivity contribution is 0.0147. The van der Waals surface area contributed by atoms with Gasteiger partial charge in [-0.3, -0.25) is 0 Å². The number of hydrogen-bond acceptors (Lipinski definition) is 3. The molecule has 0 saturated carbocycles. The first kappa shape index (κ1) is 12.1. The Balaban J connectivity index is 2.60. The number of ether oxygens (including phenoxy) is 1. The summed E-state index contributed by atoms with van der Waals surface area (Å²) in [5.41, 5.74) is -1.99. The highest BCUT2D eigenvalue weighted by Crippen LogP contribution is 2.15. The lowest BCUT2D eigenvalue weighted by Crippen LogP contribution is -2.49. The molecule has 1 aliphatic heterocycles. The van der Waals surface area contributed by atoms with E-state index in [2.05, 4.69) is 0 Å². The van der Waals surface area contributed by atoms with E-state index >= 15 is 0 Å². The minimum absolute atomic E-state index is 0.0540. The normalized spacial score (nSPS) is 26.5. The van der Waals surface area contributed by atoms with Gasteiger partial charge in [-0.25, -0.2) is 4.79 Å². The van der Waals surface area contributed by atoms with Crippen molar-refractivity contribution in [3.63, 3.8) is 0 Å². The minimum atomic E-state index is -1.45. The van der Waals surface area contributed by atoms with Crippen molar-refractivity contribution in [2.45, 2.75) is 31.9 Å². The molecular formula is C10H16BNO3. The highest BCUT2D eigenvalue weighted by Gasteiger charge is 2.29. The van der Waals surface area contributed by atoms with Crippen LogP contribution >= 0.6 is 0 Å². The lowest BCUT2D eigenvalue weighted by Gasteiger charge is -2.34. The van der Waals surface area contributed by atoms with Crippen molar-refractivity contribution in [2.75, 3.05) is 13.1 Å². The molecule has 1 aliphatic rings. The van der Waals surface area contributed by atoms with Gasteiger partial charge in [-0.1, -0.05) is 12.2 Å². The Hall–Kier alpha value is -0.965. The van der Waals surface area contributed by atoms with E-state index in [4.69, 9.17) is 12.6 Å². The summed E-state index contributed by atoms with van der Waals surface area (Å²) in [7, 11) is 5.49. The van der Waals surface area contributed by atoms with Gasteiger partial charge in [-0.05, 0) is 20.8 Å². The summed E-state index contributed by atoms with van der Waals surface area (Å²) in [6, 6.07) is 0. The van der Waals surface area contributed by atoms with Crippen molar-refractivity contribution >= 4 is 13.9 Å². The number of nitrogens with zero attached hydrogens (tertiary/aromatic N) is 1. The van der Waals surface area contributed by atoms with Crippen LogP contribution in [0.2, 0.25) is 0 Å². The van der Waals surface area contributed by atoms with Crippen LogP contribution in [0.15, 0.2) is 12.2 Å². The highest BCUT2D eigenvalue weighted by atomic mass is 16.6. The van der Waals surface area contributed by atoms with E-state index < -0.39 is 17.2 Å². The van der Waals surface area contributed by atoms with E-state index in [9.17, 15) is 9.90 Å². The van der Waals surface area contributed by atoms with Crippen LogP contribution in [0.3, 0.4) is 0 Å². The maximum atomic E-state index is 11.6. The number of hydrogen-bond donors (Lipinski definition) is 1. The molecule has 15 heavy (non-hydrogen) atoms. The fourth-order valence-electron chi connectivity index (χ4n) is 1.27. The number of rotatable bonds is 0. The average Bonchev–Trinajstić information content (AvgIpc) is 1.99. The second kappa shape index (κ2) is 3.89. The molecule has 4 nitrogen and oxygen atoms in total. The van der Waals surface area contributed by atoms with E-state index in [-0.39, 0.29) is 6.54 Å². The summed E-state index contributed by atoms with van der Waals surface area (Å²) in [6.07, 6.45) is 2.66. The van der Waals surface area contributed by atoms with Crippen molar-refractivity contribution in [3.05, 3.63) is 12.2 Å². The monoisotopic (exact) mass is 209 g/mol. The van der Waals surface area contributed by atoms with Gasteiger partial charge < -0.3 is 14.7 Å². The maximum Gasteiger partial charge on any atom is 0.410 e. The highest BCUT2D eigenvalue weighted by molar-refractivity contribution is 6.16. The molecule has 1 N–H and O–H groups in total.